The van der Waals surface area contributed by atoms with Crippen molar-refractivity contribution in [3.63, 3.8) is 0 Å². The van der Waals surface area contributed by atoms with Gasteiger partial charge in [0.05, 0.1) is 12.6 Å². The van der Waals surface area contributed by atoms with Gasteiger partial charge in [-0.2, -0.15) is 5.10 Å². The Morgan fingerprint density at radius 3 is 2.71 bits per heavy atom. The third kappa shape index (κ3) is 4.45. The predicted molar refractivity (Wildman–Crippen MR) is 94.5 cm³/mol. The first-order chi connectivity index (χ1) is 11.7. The van der Waals surface area contributed by atoms with Crippen LogP contribution in [0.15, 0.2) is 42.7 Å². The normalized spacial score (nSPS) is 16.2. The molecule has 1 unspecified atom stereocenters. The van der Waals surface area contributed by atoms with Crippen molar-refractivity contribution in [1.82, 2.24) is 20.4 Å². The molecule has 1 aliphatic rings. The van der Waals surface area contributed by atoms with Crippen molar-refractivity contribution in [2.24, 2.45) is 0 Å². The van der Waals surface area contributed by atoms with Crippen molar-refractivity contribution in [3.8, 4) is 0 Å². The molecule has 1 aromatic carbocycles. The predicted octanol–water partition coefficient (Wildman–Crippen LogP) is 2.47. The van der Waals surface area contributed by atoms with Crippen molar-refractivity contribution in [3.05, 3.63) is 53.9 Å². The van der Waals surface area contributed by atoms with Crippen LogP contribution < -0.4 is 10.6 Å². The molecule has 0 bridgehead atoms. The molecule has 3 rings (SSSR count). The molecule has 2 N–H and O–H groups in total. The highest BCUT2D eigenvalue weighted by Gasteiger charge is 2.20. The second-order valence-electron chi connectivity index (χ2n) is 6.56. The van der Waals surface area contributed by atoms with Gasteiger partial charge in [0.15, 0.2) is 0 Å². The fourth-order valence-corrected chi connectivity index (χ4v) is 3.20. The molecule has 5 heteroatoms. The second kappa shape index (κ2) is 8.11. The second-order valence-corrected chi connectivity index (χ2v) is 6.56. The number of aromatic nitrogens is 2. The van der Waals surface area contributed by atoms with Gasteiger partial charge in [-0.1, -0.05) is 37.1 Å². The summed E-state index contributed by atoms with van der Waals surface area (Å²) in [5, 5.41) is 10.8. The van der Waals surface area contributed by atoms with Crippen LogP contribution in [-0.2, 0) is 17.9 Å². The third-order valence-electron chi connectivity index (χ3n) is 4.70. The molecule has 24 heavy (non-hydrogen) atoms. The van der Waals surface area contributed by atoms with Crippen LogP contribution in [0.2, 0.25) is 0 Å². The molecule has 1 amide bonds. The van der Waals surface area contributed by atoms with Gasteiger partial charge in [0.1, 0.15) is 0 Å². The first-order valence-corrected chi connectivity index (χ1v) is 8.80. The van der Waals surface area contributed by atoms with Crippen LogP contribution in [0.1, 0.15) is 43.7 Å². The number of rotatable bonds is 7. The minimum atomic E-state index is -0.191. The first kappa shape index (κ1) is 16.7. The van der Waals surface area contributed by atoms with E-state index in [-0.39, 0.29) is 11.9 Å². The van der Waals surface area contributed by atoms with E-state index in [9.17, 15) is 4.79 Å². The standard InChI is InChI=1S/C19H26N4O/c1-15(19(24)22-18-9-4-5-10-18)20-13-16-7-2-3-8-17(16)14-23-12-6-11-21-23/h2-3,6-8,11-12,15,18,20H,4-5,9-10,13-14H2,1H3,(H,22,24). The maximum absolute atomic E-state index is 12.3. The Hall–Kier alpha value is -2.14. The fraction of sp³-hybridized carbons (Fsp3) is 0.474. The number of benzene rings is 1. The molecule has 0 aliphatic heterocycles. The molecule has 5 nitrogen and oxygen atoms in total. The summed E-state index contributed by atoms with van der Waals surface area (Å²) in [6.07, 6.45) is 8.44. The topological polar surface area (TPSA) is 59.0 Å². The molecule has 0 saturated heterocycles. The van der Waals surface area contributed by atoms with Gasteiger partial charge in [0, 0.05) is 25.0 Å². The molecular weight excluding hydrogens is 300 g/mol. The average Bonchev–Trinajstić information content (AvgIpc) is 3.27. The van der Waals surface area contributed by atoms with Gasteiger partial charge in [-0.15, -0.1) is 0 Å². The lowest BCUT2D eigenvalue weighted by atomic mass is 10.1. The van der Waals surface area contributed by atoms with Crippen molar-refractivity contribution in [2.75, 3.05) is 0 Å². The fourth-order valence-electron chi connectivity index (χ4n) is 3.20. The molecule has 1 aromatic heterocycles. The number of amides is 1. The Morgan fingerprint density at radius 1 is 1.25 bits per heavy atom. The first-order valence-electron chi connectivity index (χ1n) is 8.80. The van der Waals surface area contributed by atoms with E-state index in [0.29, 0.717) is 12.6 Å². The van der Waals surface area contributed by atoms with Crippen LogP contribution in [0.25, 0.3) is 0 Å². The summed E-state index contributed by atoms with van der Waals surface area (Å²) in [6, 6.07) is 10.4. The zero-order valence-electron chi connectivity index (χ0n) is 14.2. The molecule has 1 saturated carbocycles. The SMILES string of the molecule is CC(NCc1ccccc1Cn1cccn1)C(=O)NC1CCCC1. The maximum atomic E-state index is 12.3. The van der Waals surface area contributed by atoms with Crippen molar-refractivity contribution in [1.29, 1.82) is 0 Å². The number of hydrogen-bond acceptors (Lipinski definition) is 3. The van der Waals surface area contributed by atoms with Gasteiger partial charge in [-0.05, 0) is 37.0 Å². The monoisotopic (exact) mass is 326 g/mol. The number of carbonyl (C=O) groups excluding carboxylic acids is 1. The van der Waals surface area contributed by atoms with Gasteiger partial charge in [0.2, 0.25) is 5.91 Å². The highest BCUT2D eigenvalue weighted by molar-refractivity contribution is 5.81. The van der Waals surface area contributed by atoms with Crippen molar-refractivity contribution in [2.45, 2.75) is 57.8 Å². The summed E-state index contributed by atoms with van der Waals surface area (Å²) in [5.41, 5.74) is 2.42. The quantitative estimate of drug-likeness (QED) is 0.822. The van der Waals surface area contributed by atoms with Crippen LogP contribution in [0.5, 0.6) is 0 Å². The Balaban J connectivity index is 1.54. The molecule has 0 radical (unpaired) electrons. The van der Waals surface area contributed by atoms with E-state index in [0.717, 1.165) is 19.4 Å². The third-order valence-corrected chi connectivity index (χ3v) is 4.70. The maximum Gasteiger partial charge on any atom is 0.237 e. The van der Waals surface area contributed by atoms with Crippen LogP contribution in [0.4, 0.5) is 0 Å². The van der Waals surface area contributed by atoms with Gasteiger partial charge < -0.3 is 10.6 Å². The summed E-state index contributed by atoms with van der Waals surface area (Å²) in [5.74, 6) is 0.103. The molecule has 1 fully saturated rings. The highest BCUT2D eigenvalue weighted by atomic mass is 16.2. The molecule has 2 aromatic rings. The molecular formula is C19H26N4O. The lowest BCUT2D eigenvalue weighted by Gasteiger charge is -2.18. The summed E-state index contributed by atoms with van der Waals surface area (Å²) in [6.45, 7) is 3.35. The minimum Gasteiger partial charge on any atom is -0.352 e. The Labute approximate surface area is 143 Å². The minimum absolute atomic E-state index is 0.103. The van der Waals surface area contributed by atoms with E-state index in [4.69, 9.17) is 0 Å². The van der Waals surface area contributed by atoms with Gasteiger partial charge in [0.25, 0.3) is 0 Å². The highest BCUT2D eigenvalue weighted by Crippen LogP contribution is 2.17. The summed E-state index contributed by atoms with van der Waals surface area (Å²) in [7, 11) is 0. The van der Waals surface area contributed by atoms with E-state index in [1.54, 1.807) is 6.20 Å². The van der Waals surface area contributed by atoms with Crippen LogP contribution in [-0.4, -0.2) is 27.8 Å². The van der Waals surface area contributed by atoms with Gasteiger partial charge >= 0.3 is 0 Å². The lowest BCUT2D eigenvalue weighted by molar-refractivity contribution is -0.123. The zero-order valence-corrected chi connectivity index (χ0v) is 14.2. The van der Waals surface area contributed by atoms with E-state index < -0.39 is 0 Å². The van der Waals surface area contributed by atoms with E-state index >= 15 is 0 Å². The van der Waals surface area contributed by atoms with Crippen LogP contribution in [0, 0.1) is 0 Å². The number of hydrogen-bond donors (Lipinski definition) is 2. The molecule has 1 heterocycles. The Kier molecular flexibility index (Phi) is 5.64. The van der Waals surface area contributed by atoms with Crippen molar-refractivity contribution < 1.29 is 4.79 Å². The van der Waals surface area contributed by atoms with E-state index in [2.05, 4.69) is 27.9 Å². The van der Waals surface area contributed by atoms with E-state index in [1.165, 1.54) is 24.0 Å². The average molecular weight is 326 g/mol. The summed E-state index contributed by atoms with van der Waals surface area (Å²) in [4.78, 5) is 12.3. The largest absolute Gasteiger partial charge is 0.352 e. The molecule has 128 valence electrons. The van der Waals surface area contributed by atoms with Crippen LogP contribution >= 0.6 is 0 Å². The Morgan fingerprint density at radius 2 is 2.00 bits per heavy atom. The number of nitrogens with one attached hydrogen (secondary N) is 2. The number of carbonyl (C=O) groups is 1. The van der Waals surface area contributed by atoms with E-state index in [1.807, 2.05) is 36.0 Å². The molecule has 1 atom stereocenters. The zero-order chi connectivity index (χ0) is 16.8. The van der Waals surface area contributed by atoms with Crippen molar-refractivity contribution >= 4 is 5.91 Å². The lowest BCUT2D eigenvalue weighted by Crippen LogP contribution is -2.45. The van der Waals surface area contributed by atoms with Gasteiger partial charge in [-0.3, -0.25) is 9.48 Å². The Bertz CT molecular complexity index is 647. The molecule has 1 aliphatic carbocycles. The van der Waals surface area contributed by atoms with Gasteiger partial charge in [-0.25, -0.2) is 0 Å². The summed E-state index contributed by atoms with van der Waals surface area (Å²) >= 11 is 0. The van der Waals surface area contributed by atoms with Crippen LogP contribution in [0.3, 0.4) is 0 Å². The number of nitrogens with zero attached hydrogens (tertiary/aromatic N) is 2. The smallest absolute Gasteiger partial charge is 0.237 e. The summed E-state index contributed by atoms with van der Waals surface area (Å²) < 4.78 is 1.91. The molecule has 0 spiro atoms.